The molecular weight excluding hydrogens is 264 g/mol. The summed E-state index contributed by atoms with van der Waals surface area (Å²) in [5.74, 6) is -0.149. The number of hydrogen-bond donors (Lipinski definition) is 2. The average Bonchev–Trinajstić information content (AvgIpc) is 2.94. The van der Waals surface area contributed by atoms with Crippen molar-refractivity contribution in [2.75, 3.05) is 25.1 Å². The molecule has 20 heavy (non-hydrogen) atoms. The maximum atomic E-state index is 10.8. The number of hydrogen-bond acceptors (Lipinski definition) is 6. The van der Waals surface area contributed by atoms with E-state index in [4.69, 9.17) is 15.7 Å². The van der Waals surface area contributed by atoms with E-state index >= 15 is 0 Å². The number of nitrogens with zero attached hydrogens (tertiary/aromatic N) is 3. The van der Waals surface area contributed by atoms with Gasteiger partial charge in [-0.25, -0.2) is 0 Å². The van der Waals surface area contributed by atoms with Crippen molar-refractivity contribution in [1.82, 2.24) is 0 Å². The Morgan fingerprint density at radius 3 is 2.95 bits per heavy atom. The SMILES string of the molecule is COC1CCN(c2ccc([N+](=O)[O-])cc2/C(N)=N/O)C1. The molecule has 1 saturated heterocycles. The number of non-ortho nitro benzene ring substituents is 1. The third-order valence-corrected chi connectivity index (χ3v) is 3.39. The highest BCUT2D eigenvalue weighted by Crippen LogP contribution is 2.28. The van der Waals surface area contributed by atoms with Crippen molar-refractivity contribution in [3.8, 4) is 0 Å². The summed E-state index contributed by atoms with van der Waals surface area (Å²) in [4.78, 5) is 12.3. The van der Waals surface area contributed by atoms with Crippen molar-refractivity contribution in [1.29, 1.82) is 0 Å². The van der Waals surface area contributed by atoms with E-state index in [9.17, 15) is 10.1 Å². The van der Waals surface area contributed by atoms with Crippen molar-refractivity contribution in [2.45, 2.75) is 12.5 Å². The Kier molecular flexibility index (Phi) is 4.04. The van der Waals surface area contributed by atoms with Crippen LogP contribution in [0.25, 0.3) is 0 Å². The lowest BCUT2D eigenvalue weighted by Gasteiger charge is -2.21. The van der Waals surface area contributed by atoms with Crippen LogP contribution < -0.4 is 10.6 Å². The van der Waals surface area contributed by atoms with Gasteiger partial charge in [-0.1, -0.05) is 5.16 Å². The quantitative estimate of drug-likeness (QED) is 0.278. The molecule has 2 rings (SSSR count). The number of methoxy groups -OCH3 is 1. The Bertz CT molecular complexity index is 546. The van der Waals surface area contributed by atoms with Crippen LogP contribution in [0.3, 0.4) is 0 Å². The van der Waals surface area contributed by atoms with Gasteiger partial charge >= 0.3 is 0 Å². The van der Waals surface area contributed by atoms with Gasteiger partial charge in [0.1, 0.15) is 0 Å². The van der Waals surface area contributed by atoms with Gasteiger partial charge in [-0.05, 0) is 12.5 Å². The highest BCUT2D eigenvalue weighted by molar-refractivity contribution is 6.02. The molecule has 1 fully saturated rings. The van der Waals surface area contributed by atoms with E-state index in [0.717, 1.165) is 13.0 Å². The van der Waals surface area contributed by atoms with Crippen LogP contribution in [0.2, 0.25) is 0 Å². The number of nitrogens with two attached hydrogens (primary N) is 1. The Morgan fingerprint density at radius 1 is 1.65 bits per heavy atom. The van der Waals surface area contributed by atoms with E-state index in [2.05, 4.69) is 5.16 Å². The summed E-state index contributed by atoms with van der Waals surface area (Å²) in [6.07, 6.45) is 0.980. The molecule has 3 N–H and O–H groups in total. The molecule has 1 aromatic rings. The first-order valence-corrected chi connectivity index (χ1v) is 6.11. The number of ether oxygens (including phenoxy) is 1. The zero-order chi connectivity index (χ0) is 14.7. The van der Waals surface area contributed by atoms with Crippen LogP contribution in [0.15, 0.2) is 23.4 Å². The van der Waals surface area contributed by atoms with Crippen LogP contribution >= 0.6 is 0 Å². The standard InChI is InChI=1S/C12H16N4O4/c1-20-9-4-5-15(7-9)11-3-2-8(16(18)19)6-10(11)12(13)14-17/h2-3,6,9,17H,4-5,7H2,1H3,(H2,13,14). The van der Waals surface area contributed by atoms with Crippen LogP contribution in [0.1, 0.15) is 12.0 Å². The molecule has 0 bridgehead atoms. The molecule has 0 aromatic heterocycles. The van der Waals surface area contributed by atoms with Gasteiger partial charge in [0, 0.05) is 38.0 Å². The molecule has 8 nitrogen and oxygen atoms in total. The molecule has 0 radical (unpaired) electrons. The van der Waals surface area contributed by atoms with E-state index in [0.29, 0.717) is 17.8 Å². The summed E-state index contributed by atoms with van der Waals surface area (Å²) in [7, 11) is 1.65. The minimum absolute atomic E-state index is 0.0992. The summed E-state index contributed by atoms with van der Waals surface area (Å²) in [6, 6.07) is 4.33. The first-order chi connectivity index (χ1) is 9.56. The zero-order valence-corrected chi connectivity index (χ0v) is 11.0. The minimum Gasteiger partial charge on any atom is -0.409 e. The number of amidine groups is 1. The fourth-order valence-electron chi connectivity index (χ4n) is 2.31. The van der Waals surface area contributed by atoms with Crippen LogP contribution in [-0.2, 0) is 4.74 Å². The Morgan fingerprint density at radius 2 is 2.40 bits per heavy atom. The van der Waals surface area contributed by atoms with Crippen LogP contribution in [0, 0.1) is 10.1 Å². The third-order valence-electron chi connectivity index (χ3n) is 3.39. The summed E-state index contributed by atoms with van der Waals surface area (Å²) in [6.45, 7) is 1.42. The smallest absolute Gasteiger partial charge is 0.270 e. The van der Waals surface area contributed by atoms with Gasteiger partial charge in [-0.3, -0.25) is 10.1 Å². The predicted molar refractivity (Wildman–Crippen MR) is 73.2 cm³/mol. The maximum Gasteiger partial charge on any atom is 0.270 e. The van der Waals surface area contributed by atoms with Crippen molar-refractivity contribution in [3.05, 3.63) is 33.9 Å². The third kappa shape index (κ3) is 2.64. The molecule has 0 amide bonds. The fourth-order valence-corrected chi connectivity index (χ4v) is 2.31. The van der Waals surface area contributed by atoms with Crippen molar-refractivity contribution < 1.29 is 14.9 Å². The van der Waals surface area contributed by atoms with Crippen molar-refractivity contribution in [2.24, 2.45) is 10.9 Å². The van der Waals surface area contributed by atoms with Gasteiger partial charge in [0.25, 0.3) is 5.69 Å². The number of anilines is 1. The van der Waals surface area contributed by atoms with E-state index in [-0.39, 0.29) is 17.6 Å². The lowest BCUT2D eigenvalue weighted by molar-refractivity contribution is -0.384. The number of rotatable bonds is 4. The average molecular weight is 280 g/mol. The van der Waals surface area contributed by atoms with Gasteiger partial charge in [0.15, 0.2) is 5.84 Å². The summed E-state index contributed by atoms with van der Waals surface area (Å²) < 4.78 is 5.29. The topological polar surface area (TPSA) is 114 Å². The first kappa shape index (κ1) is 14.1. The van der Waals surface area contributed by atoms with Gasteiger partial charge in [-0.15, -0.1) is 0 Å². The highest BCUT2D eigenvalue weighted by Gasteiger charge is 2.26. The van der Waals surface area contributed by atoms with E-state index < -0.39 is 4.92 Å². The zero-order valence-electron chi connectivity index (χ0n) is 11.0. The fraction of sp³-hybridized carbons (Fsp3) is 0.417. The molecule has 1 heterocycles. The van der Waals surface area contributed by atoms with Crippen LogP contribution in [-0.4, -0.2) is 42.3 Å². The largest absolute Gasteiger partial charge is 0.409 e. The molecule has 1 aromatic carbocycles. The molecule has 0 spiro atoms. The normalized spacial score (nSPS) is 19.4. The minimum atomic E-state index is -0.514. The Balaban J connectivity index is 2.40. The first-order valence-electron chi connectivity index (χ1n) is 6.11. The van der Waals surface area contributed by atoms with Gasteiger partial charge in [0.05, 0.1) is 16.6 Å². The monoisotopic (exact) mass is 280 g/mol. The van der Waals surface area contributed by atoms with E-state index in [1.54, 1.807) is 13.2 Å². The molecule has 1 atom stereocenters. The number of benzene rings is 1. The van der Waals surface area contributed by atoms with Gasteiger partial charge in [0.2, 0.25) is 0 Å². The highest BCUT2D eigenvalue weighted by atomic mass is 16.6. The van der Waals surface area contributed by atoms with Crippen LogP contribution in [0.5, 0.6) is 0 Å². The number of nitro groups is 1. The van der Waals surface area contributed by atoms with Crippen LogP contribution in [0.4, 0.5) is 11.4 Å². The lowest BCUT2D eigenvalue weighted by Crippen LogP contribution is -2.26. The van der Waals surface area contributed by atoms with E-state index in [1.807, 2.05) is 4.90 Å². The Hall–Kier alpha value is -2.35. The molecule has 8 heteroatoms. The second kappa shape index (κ2) is 5.74. The summed E-state index contributed by atoms with van der Waals surface area (Å²) in [5, 5.41) is 22.6. The van der Waals surface area contributed by atoms with Crippen molar-refractivity contribution in [3.63, 3.8) is 0 Å². The maximum absolute atomic E-state index is 10.8. The molecule has 0 saturated carbocycles. The molecule has 1 aliphatic rings. The number of nitro benzene ring substituents is 1. The Labute approximate surface area is 115 Å². The second-order valence-corrected chi connectivity index (χ2v) is 4.54. The number of oxime groups is 1. The van der Waals surface area contributed by atoms with Gasteiger partial charge < -0.3 is 20.6 Å². The predicted octanol–water partition coefficient (Wildman–Crippen LogP) is 0.914. The van der Waals surface area contributed by atoms with Crippen molar-refractivity contribution >= 4 is 17.2 Å². The lowest BCUT2D eigenvalue weighted by atomic mass is 10.1. The molecular formula is C12H16N4O4. The molecule has 1 unspecified atom stereocenters. The second-order valence-electron chi connectivity index (χ2n) is 4.54. The van der Waals surface area contributed by atoms with Gasteiger partial charge in [-0.2, -0.15) is 0 Å². The summed E-state index contributed by atoms with van der Waals surface area (Å²) in [5.41, 5.74) is 6.56. The molecule has 0 aliphatic carbocycles. The summed E-state index contributed by atoms with van der Waals surface area (Å²) >= 11 is 0. The van der Waals surface area contributed by atoms with E-state index in [1.165, 1.54) is 12.1 Å². The molecule has 108 valence electrons. The molecule has 1 aliphatic heterocycles.